The van der Waals surface area contributed by atoms with Gasteiger partial charge in [0.15, 0.2) is 0 Å². The molecule has 27 heavy (non-hydrogen) atoms. The maximum Gasteiger partial charge on any atom is 0.215 e. The van der Waals surface area contributed by atoms with Crippen molar-refractivity contribution in [1.82, 2.24) is 9.62 Å². The first-order chi connectivity index (χ1) is 12.8. The first-order valence-electron chi connectivity index (χ1n) is 9.31. The highest BCUT2D eigenvalue weighted by atomic mass is 32.2. The van der Waals surface area contributed by atoms with Crippen LogP contribution in [0.1, 0.15) is 35.5 Å². The van der Waals surface area contributed by atoms with E-state index in [9.17, 15) is 12.8 Å². The van der Waals surface area contributed by atoms with Crippen LogP contribution in [0.3, 0.4) is 0 Å². The molecule has 0 atom stereocenters. The summed E-state index contributed by atoms with van der Waals surface area (Å²) in [5.41, 5.74) is 1.82. The van der Waals surface area contributed by atoms with Crippen LogP contribution < -0.4 is 4.72 Å². The second-order valence-corrected chi connectivity index (χ2v) is 9.20. The Kier molecular flexibility index (Phi) is 6.34. The summed E-state index contributed by atoms with van der Waals surface area (Å²) in [6.45, 7) is 7.20. The van der Waals surface area contributed by atoms with Crippen LogP contribution in [0.25, 0.3) is 0 Å². The Morgan fingerprint density at radius 1 is 1.19 bits per heavy atom. The quantitative estimate of drug-likeness (QED) is 0.782. The molecule has 0 bridgehead atoms. The molecule has 0 amide bonds. The van der Waals surface area contributed by atoms with E-state index in [-0.39, 0.29) is 11.6 Å². The highest BCUT2D eigenvalue weighted by molar-refractivity contribution is 7.88. The van der Waals surface area contributed by atoms with Crippen LogP contribution in [0.5, 0.6) is 0 Å². The van der Waals surface area contributed by atoms with Crippen molar-refractivity contribution in [3.63, 3.8) is 0 Å². The fourth-order valence-electron chi connectivity index (χ4n) is 3.53. The number of likely N-dealkylation sites (tertiary alicyclic amines) is 1. The molecule has 0 unspecified atom stereocenters. The lowest BCUT2D eigenvalue weighted by Gasteiger charge is -2.31. The van der Waals surface area contributed by atoms with Gasteiger partial charge >= 0.3 is 0 Å². The van der Waals surface area contributed by atoms with Crippen LogP contribution in [0.15, 0.2) is 34.7 Å². The highest BCUT2D eigenvalue weighted by Gasteiger charge is 2.22. The topological polar surface area (TPSA) is 62.6 Å². The van der Waals surface area contributed by atoms with Crippen LogP contribution in [0.2, 0.25) is 0 Å². The number of sulfonamides is 1. The zero-order valence-electron chi connectivity index (χ0n) is 15.9. The molecule has 3 rings (SSSR count). The first-order valence-corrected chi connectivity index (χ1v) is 11.0. The zero-order valence-corrected chi connectivity index (χ0v) is 16.7. The minimum atomic E-state index is -3.41. The van der Waals surface area contributed by atoms with Gasteiger partial charge in [0.2, 0.25) is 10.0 Å². The molecular formula is C20H27FN2O3S. The van der Waals surface area contributed by atoms with Gasteiger partial charge in [0.05, 0.1) is 5.75 Å². The molecule has 1 fully saturated rings. The normalized spacial score (nSPS) is 16.7. The Labute approximate surface area is 160 Å². The van der Waals surface area contributed by atoms with Gasteiger partial charge in [-0.1, -0.05) is 12.1 Å². The molecule has 7 heteroatoms. The van der Waals surface area contributed by atoms with Gasteiger partial charge in [-0.2, -0.15) is 0 Å². The summed E-state index contributed by atoms with van der Waals surface area (Å²) >= 11 is 0. The van der Waals surface area contributed by atoms with Gasteiger partial charge in [-0.3, -0.25) is 4.90 Å². The van der Waals surface area contributed by atoms with E-state index < -0.39 is 10.0 Å². The summed E-state index contributed by atoms with van der Waals surface area (Å²) in [4.78, 5) is 2.39. The minimum Gasteiger partial charge on any atom is -0.466 e. The second kappa shape index (κ2) is 8.54. The van der Waals surface area contributed by atoms with E-state index in [0.29, 0.717) is 18.0 Å². The number of hydrogen-bond acceptors (Lipinski definition) is 4. The second-order valence-electron chi connectivity index (χ2n) is 7.39. The van der Waals surface area contributed by atoms with E-state index in [1.165, 1.54) is 29.8 Å². The van der Waals surface area contributed by atoms with Crippen molar-refractivity contribution in [2.24, 2.45) is 5.92 Å². The Morgan fingerprint density at radius 2 is 1.85 bits per heavy atom. The molecule has 1 N–H and O–H groups in total. The van der Waals surface area contributed by atoms with Gasteiger partial charge in [-0.25, -0.2) is 17.5 Å². The number of hydrogen-bond donors (Lipinski definition) is 1. The molecule has 1 aromatic carbocycles. The number of benzene rings is 1. The van der Waals surface area contributed by atoms with Gasteiger partial charge in [0.25, 0.3) is 0 Å². The Bertz CT molecular complexity index is 854. The molecule has 1 aromatic heterocycles. The van der Waals surface area contributed by atoms with Crippen LogP contribution in [0, 0.1) is 25.6 Å². The summed E-state index contributed by atoms with van der Waals surface area (Å²) in [5, 5.41) is 0. The van der Waals surface area contributed by atoms with Crippen molar-refractivity contribution in [3.8, 4) is 0 Å². The fraction of sp³-hybridized carbons (Fsp3) is 0.500. The van der Waals surface area contributed by atoms with Gasteiger partial charge in [-0.05, 0) is 69.5 Å². The number of rotatable bonds is 7. The van der Waals surface area contributed by atoms with Crippen LogP contribution >= 0.6 is 0 Å². The fourth-order valence-corrected chi connectivity index (χ4v) is 4.75. The number of aryl methyl sites for hydroxylation is 2. The van der Waals surface area contributed by atoms with Crippen molar-refractivity contribution >= 4 is 10.0 Å². The average Bonchev–Trinajstić information content (AvgIpc) is 2.93. The molecule has 0 radical (unpaired) electrons. The predicted octanol–water partition coefficient (Wildman–Crippen LogP) is 3.37. The number of piperidine rings is 1. The molecule has 2 aromatic rings. The van der Waals surface area contributed by atoms with Crippen molar-refractivity contribution < 1.29 is 17.2 Å². The van der Waals surface area contributed by atoms with Gasteiger partial charge in [0, 0.05) is 18.7 Å². The molecule has 1 saturated heterocycles. The van der Waals surface area contributed by atoms with E-state index in [1.54, 1.807) is 0 Å². The third kappa shape index (κ3) is 5.89. The third-order valence-corrected chi connectivity index (χ3v) is 6.43. The van der Waals surface area contributed by atoms with Crippen molar-refractivity contribution in [2.75, 3.05) is 19.6 Å². The zero-order chi connectivity index (χ0) is 19.4. The Hall–Kier alpha value is -1.70. The Morgan fingerprint density at radius 3 is 2.44 bits per heavy atom. The summed E-state index contributed by atoms with van der Waals surface area (Å²) in [7, 11) is -3.41. The van der Waals surface area contributed by atoms with Gasteiger partial charge < -0.3 is 4.42 Å². The molecule has 148 valence electrons. The lowest BCUT2D eigenvalue weighted by atomic mass is 9.97. The maximum absolute atomic E-state index is 12.9. The SMILES string of the molecule is Cc1cc(CN2CCC(CNS(=O)(=O)Cc3ccc(F)cc3)CC2)c(C)o1. The molecule has 1 aliphatic rings. The third-order valence-electron chi connectivity index (χ3n) is 5.11. The smallest absolute Gasteiger partial charge is 0.215 e. The largest absolute Gasteiger partial charge is 0.466 e. The monoisotopic (exact) mass is 394 g/mol. The molecule has 0 spiro atoms. The van der Waals surface area contributed by atoms with Crippen LogP contribution in [0.4, 0.5) is 4.39 Å². The lowest BCUT2D eigenvalue weighted by Crippen LogP contribution is -2.38. The summed E-state index contributed by atoms with van der Waals surface area (Å²) in [6, 6.07) is 7.66. The number of nitrogens with zero attached hydrogens (tertiary/aromatic N) is 1. The van der Waals surface area contributed by atoms with Crippen molar-refractivity contribution in [3.05, 3.63) is 58.8 Å². The minimum absolute atomic E-state index is 0.120. The molecule has 0 saturated carbocycles. The van der Waals surface area contributed by atoms with E-state index in [2.05, 4.69) is 15.7 Å². The van der Waals surface area contributed by atoms with Gasteiger partial charge in [0.1, 0.15) is 17.3 Å². The van der Waals surface area contributed by atoms with E-state index in [4.69, 9.17) is 4.42 Å². The summed E-state index contributed by atoms with van der Waals surface area (Å²) in [5.74, 6) is 1.77. The van der Waals surface area contributed by atoms with Gasteiger partial charge in [-0.15, -0.1) is 0 Å². The lowest BCUT2D eigenvalue weighted by molar-refractivity contribution is 0.178. The van der Waals surface area contributed by atoms with E-state index >= 15 is 0 Å². The molecule has 2 heterocycles. The Balaban J connectivity index is 1.43. The molecular weight excluding hydrogens is 367 g/mol. The van der Waals surface area contributed by atoms with Crippen LogP contribution in [-0.2, 0) is 22.3 Å². The molecule has 1 aliphatic heterocycles. The van der Waals surface area contributed by atoms with E-state index in [0.717, 1.165) is 44.0 Å². The number of nitrogens with one attached hydrogen (secondary N) is 1. The molecule has 5 nitrogen and oxygen atoms in total. The van der Waals surface area contributed by atoms with Crippen LogP contribution in [-0.4, -0.2) is 33.0 Å². The number of halogens is 1. The van der Waals surface area contributed by atoms with E-state index in [1.807, 2.05) is 13.8 Å². The number of furan rings is 1. The van der Waals surface area contributed by atoms with Crippen molar-refractivity contribution in [1.29, 1.82) is 0 Å². The summed E-state index contributed by atoms with van der Waals surface area (Å²) in [6.07, 6.45) is 1.93. The standard InChI is InChI=1S/C20H27FN2O3S/c1-15-11-19(16(2)26-15)13-23-9-7-17(8-10-23)12-22-27(24,25)14-18-3-5-20(21)6-4-18/h3-6,11,17,22H,7-10,12-14H2,1-2H3. The maximum atomic E-state index is 12.9. The highest BCUT2D eigenvalue weighted by Crippen LogP contribution is 2.21. The average molecular weight is 395 g/mol. The predicted molar refractivity (Wildman–Crippen MR) is 103 cm³/mol. The van der Waals surface area contributed by atoms with Crippen molar-refractivity contribution in [2.45, 2.75) is 39.0 Å². The molecule has 0 aliphatic carbocycles. The summed E-state index contributed by atoms with van der Waals surface area (Å²) < 4.78 is 45.7. The first kappa shape index (κ1) is 20.0.